The lowest BCUT2D eigenvalue weighted by molar-refractivity contribution is -0.114. The molecule has 0 aromatic heterocycles. The van der Waals surface area contributed by atoms with Crippen LogP contribution in [0.5, 0.6) is 0 Å². The summed E-state index contributed by atoms with van der Waals surface area (Å²) in [6.45, 7) is 1.28. The molecule has 0 aliphatic rings. The Labute approximate surface area is 105 Å². The predicted molar refractivity (Wildman–Crippen MR) is 63.4 cm³/mol. The first-order chi connectivity index (χ1) is 6.97. The fourth-order valence-corrected chi connectivity index (χ4v) is 2.53. The molecule has 2 nitrogen and oxygen atoms in total. The largest absolute Gasteiger partial charge is 0.324 e. The van der Waals surface area contributed by atoms with E-state index in [2.05, 4.69) is 21.2 Å². The van der Waals surface area contributed by atoms with Gasteiger partial charge in [-0.25, -0.2) is 4.39 Å². The average Bonchev–Trinajstić information content (AvgIpc) is 2.14. The van der Waals surface area contributed by atoms with Gasteiger partial charge >= 0.3 is 0 Å². The van der Waals surface area contributed by atoms with Gasteiger partial charge in [0.25, 0.3) is 0 Å². The Kier molecular flexibility index (Phi) is 4.37. The minimum Gasteiger partial charge on any atom is -0.324 e. The summed E-state index contributed by atoms with van der Waals surface area (Å²) in [5.41, 5.74) is 0.451. The van der Waals surface area contributed by atoms with Crippen LogP contribution in [0.1, 0.15) is 12.5 Å². The molecule has 1 aromatic carbocycles. The van der Waals surface area contributed by atoms with E-state index in [1.54, 1.807) is 0 Å². The summed E-state index contributed by atoms with van der Waals surface area (Å²) in [5.74, 6) is -1.06. The molecule has 0 spiro atoms. The van der Waals surface area contributed by atoms with Gasteiger partial charge in [0.2, 0.25) is 5.91 Å². The Balaban J connectivity index is 3.27. The number of amides is 1. The molecule has 0 aliphatic carbocycles. The molecule has 1 rings (SSSR count). The van der Waals surface area contributed by atoms with Crippen LogP contribution < -0.4 is 5.32 Å². The van der Waals surface area contributed by atoms with Crippen LogP contribution in [0, 0.1) is 5.82 Å². The molecular weight excluding hydrogens is 308 g/mol. The van der Waals surface area contributed by atoms with Crippen molar-refractivity contribution in [2.24, 2.45) is 0 Å². The first-order valence-electron chi connectivity index (χ1n) is 3.97. The van der Waals surface area contributed by atoms with E-state index in [1.807, 2.05) is 0 Å². The predicted octanol–water partition coefficient (Wildman–Crippen LogP) is 3.99. The summed E-state index contributed by atoms with van der Waals surface area (Å²) in [5, 5.41) is 2.88. The van der Waals surface area contributed by atoms with Gasteiger partial charge in [-0.2, -0.15) is 0 Å². The van der Waals surface area contributed by atoms with Crippen LogP contribution in [0.15, 0.2) is 6.07 Å². The Morgan fingerprint density at radius 1 is 1.60 bits per heavy atom. The lowest BCUT2D eigenvalue weighted by Crippen LogP contribution is -2.08. The minimum absolute atomic E-state index is 0.0119. The maximum atomic E-state index is 13.6. The van der Waals surface area contributed by atoms with Gasteiger partial charge in [0.15, 0.2) is 5.82 Å². The van der Waals surface area contributed by atoms with Crippen LogP contribution in [0.4, 0.5) is 10.1 Å². The molecule has 82 valence electrons. The highest BCUT2D eigenvalue weighted by atomic mass is 79.9. The second-order valence-corrected chi connectivity index (χ2v) is 4.17. The van der Waals surface area contributed by atoms with Gasteiger partial charge in [-0.3, -0.25) is 4.79 Å². The summed E-state index contributed by atoms with van der Waals surface area (Å²) in [6.07, 6.45) is 0. The number of halogens is 4. The minimum atomic E-state index is -0.675. The van der Waals surface area contributed by atoms with Crippen LogP contribution >= 0.6 is 39.1 Å². The second-order valence-electron chi connectivity index (χ2n) is 2.83. The number of hydrogen-bond acceptors (Lipinski definition) is 1. The second kappa shape index (κ2) is 5.14. The van der Waals surface area contributed by atoms with Crippen LogP contribution in [0.3, 0.4) is 0 Å². The van der Waals surface area contributed by atoms with Crippen molar-refractivity contribution in [1.29, 1.82) is 0 Å². The van der Waals surface area contributed by atoms with Gasteiger partial charge in [0, 0.05) is 22.8 Å². The van der Waals surface area contributed by atoms with Crippen molar-refractivity contribution in [3.63, 3.8) is 0 Å². The third-order valence-electron chi connectivity index (χ3n) is 1.70. The van der Waals surface area contributed by atoms with Crippen molar-refractivity contribution in [2.75, 3.05) is 5.32 Å². The average molecular weight is 315 g/mol. The van der Waals surface area contributed by atoms with Crippen LogP contribution in [-0.2, 0) is 10.1 Å². The summed E-state index contributed by atoms with van der Waals surface area (Å²) >= 11 is 14.8. The number of anilines is 1. The number of carbonyl (C=O) groups excluding carboxylic acids is 1. The van der Waals surface area contributed by atoms with Crippen molar-refractivity contribution in [2.45, 2.75) is 12.3 Å². The monoisotopic (exact) mass is 313 g/mol. The number of alkyl halides is 1. The van der Waals surface area contributed by atoms with Crippen molar-refractivity contribution in [3.8, 4) is 0 Å². The van der Waals surface area contributed by atoms with E-state index in [9.17, 15) is 9.18 Å². The van der Waals surface area contributed by atoms with E-state index in [1.165, 1.54) is 13.0 Å². The summed E-state index contributed by atoms with van der Waals surface area (Å²) in [4.78, 5) is 10.8. The molecule has 15 heavy (non-hydrogen) atoms. The molecule has 0 saturated heterocycles. The molecule has 1 N–H and O–H groups in total. The zero-order valence-electron chi connectivity index (χ0n) is 7.70. The lowest BCUT2D eigenvalue weighted by atomic mass is 10.2. The van der Waals surface area contributed by atoms with E-state index in [4.69, 9.17) is 23.2 Å². The quantitative estimate of drug-likeness (QED) is 0.649. The maximum absolute atomic E-state index is 13.6. The van der Waals surface area contributed by atoms with E-state index in [-0.39, 0.29) is 16.6 Å². The Morgan fingerprint density at radius 3 is 2.67 bits per heavy atom. The number of benzene rings is 1. The van der Waals surface area contributed by atoms with Gasteiger partial charge in [-0.15, -0.1) is 0 Å². The first-order valence-corrected chi connectivity index (χ1v) is 5.85. The molecule has 1 aromatic rings. The van der Waals surface area contributed by atoms with Crippen LogP contribution in [-0.4, -0.2) is 5.91 Å². The highest BCUT2D eigenvalue weighted by molar-refractivity contribution is 9.08. The van der Waals surface area contributed by atoms with E-state index < -0.39 is 5.82 Å². The van der Waals surface area contributed by atoms with Gasteiger partial charge < -0.3 is 5.32 Å². The van der Waals surface area contributed by atoms with Gasteiger partial charge in [0.05, 0.1) is 10.7 Å². The SMILES string of the molecule is CC(=O)Nc1cc(Cl)c(CBr)c(Cl)c1F. The number of carbonyl (C=O) groups is 1. The fourth-order valence-electron chi connectivity index (χ4n) is 1.04. The highest BCUT2D eigenvalue weighted by Gasteiger charge is 2.15. The molecule has 0 unspecified atom stereocenters. The van der Waals surface area contributed by atoms with Gasteiger partial charge in [-0.05, 0) is 6.07 Å². The normalized spacial score (nSPS) is 10.2. The van der Waals surface area contributed by atoms with E-state index in [0.29, 0.717) is 15.9 Å². The highest BCUT2D eigenvalue weighted by Crippen LogP contribution is 2.34. The third-order valence-corrected chi connectivity index (χ3v) is 2.99. The third kappa shape index (κ3) is 2.83. The first kappa shape index (κ1) is 12.7. The Morgan fingerprint density at radius 2 is 2.20 bits per heavy atom. The molecular formula is C9H7BrCl2FNO. The van der Waals surface area contributed by atoms with Crippen LogP contribution in [0.25, 0.3) is 0 Å². The Bertz CT molecular complexity index is 412. The topological polar surface area (TPSA) is 29.1 Å². The van der Waals surface area contributed by atoms with Crippen molar-refractivity contribution < 1.29 is 9.18 Å². The molecule has 6 heteroatoms. The summed E-state index contributed by atoms with van der Waals surface area (Å²) in [6, 6.07) is 1.33. The smallest absolute Gasteiger partial charge is 0.221 e. The lowest BCUT2D eigenvalue weighted by Gasteiger charge is -2.10. The standard InChI is InChI=1S/C9H7BrCl2FNO/c1-4(15)14-7-2-6(11)5(3-10)8(12)9(7)13/h2H,3H2,1H3,(H,14,15). The number of hydrogen-bond donors (Lipinski definition) is 1. The van der Waals surface area contributed by atoms with Gasteiger partial charge in [0.1, 0.15) is 0 Å². The summed E-state index contributed by atoms with van der Waals surface area (Å²) < 4.78 is 13.6. The van der Waals surface area contributed by atoms with E-state index >= 15 is 0 Å². The molecule has 0 saturated carbocycles. The molecule has 1 amide bonds. The van der Waals surface area contributed by atoms with Crippen LogP contribution in [0.2, 0.25) is 10.0 Å². The van der Waals surface area contributed by atoms with Crippen molar-refractivity contribution in [1.82, 2.24) is 0 Å². The maximum Gasteiger partial charge on any atom is 0.221 e. The fraction of sp³-hybridized carbons (Fsp3) is 0.222. The zero-order chi connectivity index (χ0) is 11.6. The zero-order valence-corrected chi connectivity index (χ0v) is 10.8. The molecule has 0 fully saturated rings. The summed E-state index contributed by atoms with van der Waals surface area (Å²) in [7, 11) is 0. The van der Waals surface area contributed by atoms with E-state index in [0.717, 1.165) is 0 Å². The number of rotatable bonds is 2. The molecule has 0 atom stereocenters. The number of nitrogens with one attached hydrogen (secondary N) is 1. The molecule has 0 aliphatic heterocycles. The molecule has 0 bridgehead atoms. The molecule has 0 radical (unpaired) electrons. The Hall–Kier alpha value is -0.320. The van der Waals surface area contributed by atoms with Gasteiger partial charge in [-0.1, -0.05) is 39.1 Å². The van der Waals surface area contributed by atoms with Crippen molar-refractivity contribution >= 4 is 50.7 Å². The van der Waals surface area contributed by atoms with Crippen molar-refractivity contribution in [3.05, 3.63) is 27.5 Å². The molecule has 0 heterocycles.